The lowest BCUT2D eigenvalue weighted by molar-refractivity contribution is -0.144. The SMILES string of the molecule is COC(=O)C(NC(=O)c1ccc(Cl)nn1)C(C)C. The summed E-state index contributed by atoms with van der Waals surface area (Å²) < 4.78 is 4.62. The number of aromatic nitrogens is 2. The lowest BCUT2D eigenvalue weighted by atomic mass is 10.0. The van der Waals surface area contributed by atoms with E-state index in [-0.39, 0.29) is 16.8 Å². The molecule has 0 aliphatic heterocycles. The Bertz CT molecular complexity index is 434. The summed E-state index contributed by atoms with van der Waals surface area (Å²) in [4.78, 5) is 23.3. The maximum absolute atomic E-state index is 11.8. The Morgan fingerprint density at radius 2 is 2.00 bits per heavy atom. The molecule has 98 valence electrons. The van der Waals surface area contributed by atoms with Gasteiger partial charge < -0.3 is 10.1 Å². The normalized spacial score (nSPS) is 12.1. The van der Waals surface area contributed by atoms with Gasteiger partial charge >= 0.3 is 5.97 Å². The van der Waals surface area contributed by atoms with E-state index in [1.165, 1.54) is 19.2 Å². The molecule has 0 spiro atoms. The third-order valence-electron chi connectivity index (χ3n) is 2.27. The van der Waals surface area contributed by atoms with Crippen LogP contribution in [-0.2, 0) is 9.53 Å². The van der Waals surface area contributed by atoms with E-state index in [9.17, 15) is 9.59 Å². The summed E-state index contributed by atoms with van der Waals surface area (Å²) in [6, 6.07) is 2.16. The van der Waals surface area contributed by atoms with Crippen LogP contribution in [0, 0.1) is 5.92 Å². The van der Waals surface area contributed by atoms with Crippen LogP contribution in [0.15, 0.2) is 12.1 Å². The summed E-state index contributed by atoms with van der Waals surface area (Å²) >= 11 is 5.57. The Balaban J connectivity index is 2.78. The van der Waals surface area contributed by atoms with Crippen molar-refractivity contribution in [3.8, 4) is 0 Å². The van der Waals surface area contributed by atoms with Gasteiger partial charge in [-0.2, -0.15) is 0 Å². The van der Waals surface area contributed by atoms with Crippen LogP contribution in [0.4, 0.5) is 0 Å². The Morgan fingerprint density at radius 3 is 2.44 bits per heavy atom. The molecule has 1 aromatic heterocycles. The van der Waals surface area contributed by atoms with Gasteiger partial charge in [0.15, 0.2) is 10.8 Å². The zero-order valence-corrected chi connectivity index (χ0v) is 11.1. The summed E-state index contributed by atoms with van der Waals surface area (Å²) in [5.41, 5.74) is 0.0916. The van der Waals surface area contributed by atoms with Crippen molar-refractivity contribution in [2.24, 2.45) is 5.92 Å². The minimum Gasteiger partial charge on any atom is -0.467 e. The fourth-order valence-electron chi connectivity index (χ4n) is 1.28. The van der Waals surface area contributed by atoms with Crippen LogP contribution < -0.4 is 5.32 Å². The van der Waals surface area contributed by atoms with Crippen molar-refractivity contribution >= 4 is 23.5 Å². The van der Waals surface area contributed by atoms with Crippen LogP contribution in [0.25, 0.3) is 0 Å². The lowest BCUT2D eigenvalue weighted by Crippen LogP contribution is -2.45. The van der Waals surface area contributed by atoms with Gasteiger partial charge in [0, 0.05) is 0 Å². The second-order valence-corrected chi connectivity index (χ2v) is 4.35. The van der Waals surface area contributed by atoms with Gasteiger partial charge in [-0.3, -0.25) is 4.79 Å². The van der Waals surface area contributed by atoms with Crippen molar-refractivity contribution in [3.05, 3.63) is 23.0 Å². The largest absolute Gasteiger partial charge is 0.467 e. The van der Waals surface area contributed by atoms with E-state index < -0.39 is 17.9 Å². The van der Waals surface area contributed by atoms with Gasteiger partial charge in [-0.05, 0) is 18.1 Å². The molecule has 18 heavy (non-hydrogen) atoms. The number of hydrogen-bond acceptors (Lipinski definition) is 5. The second kappa shape index (κ2) is 6.30. The molecule has 0 bridgehead atoms. The van der Waals surface area contributed by atoms with E-state index in [0.717, 1.165) is 0 Å². The second-order valence-electron chi connectivity index (χ2n) is 3.96. The van der Waals surface area contributed by atoms with E-state index in [1.54, 1.807) is 13.8 Å². The van der Waals surface area contributed by atoms with Crippen LogP contribution in [0.5, 0.6) is 0 Å². The van der Waals surface area contributed by atoms with Gasteiger partial charge in [0.25, 0.3) is 5.91 Å². The highest BCUT2D eigenvalue weighted by Gasteiger charge is 2.25. The molecule has 1 amide bonds. The summed E-state index contributed by atoms with van der Waals surface area (Å²) in [7, 11) is 1.27. The van der Waals surface area contributed by atoms with Crippen LogP contribution >= 0.6 is 11.6 Å². The molecule has 1 heterocycles. The third kappa shape index (κ3) is 3.66. The quantitative estimate of drug-likeness (QED) is 0.828. The highest BCUT2D eigenvalue weighted by Crippen LogP contribution is 2.06. The Kier molecular flexibility index (Phi) is 5.03. The zero-order valence-electron chi connectivity index (χ0n) is 10.3. The molecule has 0 saturated heterocycles. The first kappa shape index (κ1) is 14.4. The summed E-state index contributed by atoms with van der Waals surface area (Å²) in [5, 5.41) is 9.92. The van der Waals surface area contributed by atoms with Gasteiger partial charge in [-0.1, -0.05) is 25.4 Å². The lowest BCUT2D eigenvalue weighted by Gasteiger charge is -2.19. The average molecular weight is 272 g/mol. The first-order valence-corrected chi connectivity index (χ1v) is 5.71. The topological polar surface area (TPSA) is 81.2 Å². The van der Waals surface area contributed by atoms with Crippen molar-refractivity contribution in [3.63, 3.8) is 0 Å². The molecule has 0 fully saturated rings. The van der Waals surface area contributed by atoms with Crippen LogP contribution in [0.2, 0.25) is 5.15 Å². The molecule has 0 radical (unpaired) electrons. The highest BCUT2D eigenvalue weighted by atomic mass is 35.5. The molecule has 1 N–H and O–H groups in total. The molecule has 1 aromatic rings. The number of carbonyl (C=O) groups excluding carboxylic acids is 2. The Labute approximate surface area is 110 Å². The minimum atomic E-state index is -0.722. The molecule has 0 aromatic carbocycles. The van der Waals surface area contributed by atoms with Gasteiger partial charge in [0.1, 0.15) is 6.04 Å². The molecule has 0 aliphatic rings. The first-order valence-electron chi connectivity index (χ1n) is 5.33. The smallest absolute Gasteiger partial charge is 0.328 e. The highest BCUT2D eigenvalue weighted by molar-refractivity contribution is 6.29. The number of halogens is 1. The molecule has 1 unspecified atom stereocenters. The predicted octanol–water partition coefficient (Wildman–Crippen LogP) is 1.06. The number of amides is 1. The van der Waals surface area contributed by atoms with Crippen LogP contribution in [-0.4, -0.2) is 35.2 Å². The van der Waals surface area contributed by atoms with E-state index in [1.807, 2.05) is 0 Å². The van der Waals surface area contributed by atoms with Crippen molar-refractivity contribution < 1.29 is 14.3 Å². The number of rotatable bonds is 4. The molecular weight excluding hydrogens is 258 g/mol. The van der Waals surface area contributed by atoms with Gasteiger partial charge in [0.2, 0.25) is 0 Å². The number of nitrogens with zero attached hydrogens (tertiary/aromatic N) is 2. The predicted molar refractivity (Wildman–Crippen MR) is 65.2 cm³/mol. The van der Waals surface area contributed by atoms with Crippen LogP contribution in [0.3, 0.4) is 0 Å². The zero-order chi connectivity index (χ0) is 13.7. The number of esters is 1. The maximum atomic E-state index is 11.8. The minimum absolute atomic E-state index is 0.0916. The third-order valence-corrected chi connectivity index (χ3v) is 2.47. The fraction of sp³-hybridized carbons (Fsp3) is 0.455. The van der Waals surface area contributed by atoms with E-state index in [2.05, 4.69) is 20.3 Å². The van der Waals surface area contributed by atoms with E-state index in [4.69, 9.17) is 11.6 Å². The van der Waals surface area contributed by atoms with Gasteiger partial charge in [-0.25, -0.2) is 4.79 Å². The van der Waals surface area contributed by atoms with Crippen molar-refractivity contribution in [2.75, 3.05) is 7.11 Å². The van der Waals surface area contributed by atoms with E-state index >= 15 is 0 Å². The number of carbonyl (C=O) groups is 2. The fourth-order valence-corrected chi connectivity index (χ4v) is 1.38. The molecule has 1 rings (SSSR count). The standard InChI is InChI=1S/C11H14ClN3O3/c1-6(2)9(11(17)18-3)13-10(16)7-4-5-8(12)15-14-7/h4-6,9H,1-3H3,(H,13,16). The Hall–Kier alpha value is -1.69. The molecule has 7 heteroatoms. The monoisotopic (exact) mass is 271 g/mol. The number of hydrogen-bond donors (Lipinski definition) is 1. The van der Waals surface area contributed by atoms with E-state index in [0.29, 0.717) is 0 Å². The summed E-state index contributed by atoms with van der Waals surface area (Å²) in [6.45, 7) is 3.60. The maximum Gasteiger partial charge on any atom is 0.328 e. The molecule has 6 nitrogen and oxygen atoms in total. The van der Waals surface area contributed by atoms with Gasteiger partial charge in [0.05, 0.1) is 7.11 Å². The van der Waals surface area contributed by atoms with Gasteiger partial charge in [-0.15, -0.1) is 10.2 Å². The van der Waals surface area contributed by atoms with Crippen molar-refractivity contribution in [1.29, 1.82) is 0 Å². The number of nitrogens with one attached hydrogen (secondary N) is 1. The van der Waals surface area contributed by atoms with Crippen molar-refractivity contribution in [2.45, 2.75) is 19.9 Å². The first-order chi connectivity index (χ1) is 8.45. The average Bonchev–Trinajstić information content (AvgIpc) is 2.35. The Morgan fingerprint density at radius 1 is 1.33 bits per heavy atom. The van der Waals surface area contributed by atoms with Crippen LogP contribution in [0.1, 0.15) is 24.3 Å². The molecular formula is C11H14ClN3O3. The summed E-state index contributed by atoms with van der Waals surface area (Å²) in [6.07, 6.45) is 0. The number of ether oxygens (including phenoxy) is 1. The molecule has 1 atom stereocenters. The molecule has 0 saturated carbocycles. The summed E-state index contributed by atoms with van der Waals surface area (Å²) in [5.74, 6) is -1.09. The number of methoxy groups -OCH3 is 1. The van der Waals surface area contributed by atoms with Crippen molar-refractivity contribution in [1.82, 2.24) is 15.5 Å². The molecule has 0 aliphatic carbocycles.